The van der Waals surface area contributed by atoms with Gasteiger partial charge in [-0.05, 0) is 54.7 Å². The van der Waals surface area contributed by atoms with E-state index < -0.39 is 0 Å². The Morgan fingerprint density at radius 1 is 1.12 bits per heavy atom. The Hall–Kier alpha value is -1.88. The van der Waals surface area contributed by atoms with Crippen LogP contribution in [0.1, 0.15) is 41.7 Å². The van der Waals surface area contributed by atoms with Gasteiger partial charge in [-0.15, -0.1) is 0 Å². The van der Waals surface area contributed by atoms with E-state index in [9.17, 15) is 5.11 Å². The van der Waals surface area contributed by atoms with Crippen LogP contribution in [0, 0.1) is 6.92 Å². The third-order valence-electron chi connectivity index (χ3n) is 4.35. The Labute approximate surface area is 150 Å². The normalized spacial score (nSPS) is 19.2. The highest BCUT2D eigenvalue weighted by Crippen LogP contribution is 2.30. The molecule has 0 saturated carbocycles. The van der Waals surface area contributed by atoms with E-state index in [1.54, 1.807) is 0 Å². The van der Waals surface area contributed by atoms with E-state index in [0.29, 0.717) is 19.6 Å². The highest BCUT2D eigenvalue weighted by molar-refractivity contribution is 5.38. The van der Waals surface area contributed by atoms with Gasteiger partial charge in [-0.25, -0.2) is 0 Å². The summed E-state index contributed by atoms with van der Waals surface area (Å²) in [6, 6.07) is 14.8. The maximum absolute atomic E-state index is 9.65. The smallest absolute Gasteiger partial charge is 0.119 e. The molecule has 0 aliphatic carbocycles. The maximum atomic E-state index is 9.65. The molecule has 2 atom stereocenters. The van der Waals surface area contributed by atoms with Crippen molar-refractivity contribution in [3.8, 4) is 5.75 Å². The molecule has 1 fully saturated rings. The largest absolute Gasteiger partial charge is 0.494 e. The molecule has 2 aromatic carbocycles. The van der Waals surface area contributed by atoms with Gasteiger partial charge in [0.15, 0.2) is 0 Å². The molecular weight excluding hydrogens is 316 g/mol. The summed E-state index contributed by atoms with van der Waals surface area (Å²) in [5.41, 5.74) is 5.01. The average molecular weight is 344 g/mol. The molecule has 1 aliphatic heterocycles. The van der Waals surface area contributed by atoms with Crippen LogP contribution in [0.3, 0.4) is 0 Å². The minimum atomic E-state index is -0.337. The van der Waals surface area contributed by atoms with E-state index in [2.05, 4.69) is 37.3 Å². The zero-order valence-electron chi connectivity index (χ0n) is 15.2. The predicted molar refractivity (Wildman–Crippen MR) is 99.1 cm³/mol. The molecule has 2 N–H and O–H groups in total. The van der Waals surface area contributed by atoms with Crippen molar-refractivity contribution < 1.29 is 19.7 Å². The molecule has 0 radical (unpaired) electrons. The third kappa shape index (κ3) is 5.30. The van der Waals surface area contributed by atoms with Crippen LogP contribution in [0.4, 0.5) is 0 Å². The summed E-state index contributed by atoms with van der Waals surface area (Å²) in [6.45, 7) is 5.25. The quantitative estimate of drug-likeness (QED) is 0.873. The lowest BCUT2D eigenvalue weighted by Crippen LogP contribution is -2.03. The summed E-state index contributed by atoms with van der Waals surface area (Å²) in [7, 11) is 1.00. The van der Waals surface area contributed by atoms with Crippen LogP contribution in [-0.2, 0) is 11.2 Å². The average Bonchev–Trinajstić information content (AvgIpc) is 3.07. The first-order valence-electron chi connectivity index (χ1n) is 8.71. The van der Waals surface area contributed by atoms with Crippen LogP contribution < -0.4 is 4.74 Å². The second-order valence-electron chi connectivity index (χ2n) is 6.15. The topological polar surface area (TPSA) is 58.9 Å². The number of hydrogen-bond donors (Lipinski definition) is 2. The first kappa shape index (κ1) is 19.4. The number of rotatable bonds is 5. The van der Waals surface area contributed by atoms with Crippen LogP contribution in [0.5, 0.6) is 5.75 Å². The Kier molecular flexibility index (Phi) is 7.44. The SMILES string of the molecule is CCOc1ccc(Cc2cc(C3CC(O)CO3)ccc2C)cc1.CO. The van der Waals surface area contributed by atoms with Crippen molar-refractivity contribution in [2.75, 3.05) is 20.3 Å². The lowest BCUT2D eigenvalue weighted by molar-refractivity contribution is 0.0888. The van der Waals surface area contributed by atoms with Gasteiger partial charge in [0.25, 0.3) is 0 Å². The van der Waals surface area contributed by atoms with Gasteiger partial charge >= 0.3 is 0 Å². The minimum absolute atomic E-state index is 0.0182. The summed E-state index contributed by atoms with van der Waals surface area (Å²) in [4.78, 5) is 0. The summed E-state index contributed by atoms with van der Waals surface area (Å²) in [5.74, 6) is 0.912. The fourth-order valence-electron chi connectivity index (χ4n) is 3.01. The van der Waals surface area contributed by atoms with Gasteiger partial charge in [0, 0.05) is 13.5 Å². The summed E-state index contributed by atoms with van der Waals surface area (Å²) in [5, 5.41) is 16.7. The van der Waals surface area contributed by atoms with Gasteiger partial charge in [0.05, 0.1) is 25.4 Å². The molecule has 1 heterocycles. The van der Waals surface area contributed by atoms with Gasteiger partial charge in [-0.1, -0.05) is 30.3 Å². The Morgan fingerprint density at radius 2 is 1.84 bits per heavy atom. The fourth-order valence-corrected chi connectivity index (χ4v) is 3.01. The summed E-state index contributed by atoms with van der Waals surface area (Å²) >= 11 is 0. The highest BCUT2D eigenvalue weighted by Gasteiger charge is 2.25. The second-order valence-corrected chi connectivity index (χ2v) is 6.15. The fraction of sp³-hybridized carbons (Fsp3) is 0.429. The number of aliphatic hydroxyl groups is 2. The monoisotopic (exact) mass is 344 g/mol. The van der Waals surface area contributed by atoms with Crippen LogP contribution in [-0.4, -0.2) is 36.6 Å². The number of benzene rings is 2. The molecule has 2 unspecified atom stereocenters. The van der Waals surface area contributed by atoms with Crippen molar-refractivity contribution in [2.45, 2.75) is 38.9 Å². The molecule has 2 aromatic rings. The van der Waals surface area contributed by atoms with E-state index in [0.717, 1.165) is 24.8 Å². The third-order valence-corrected chi connectivity index (χ3v) is 4.35. The van der Waals surface area contributed by atoms with Gasteiger partial charge in [0.1, 0.15) is 5.75 Å². The van der Waals surface area contributed by atoms with Gasteiger partial charge in [0.2, 0.25) is 0 Å². The molecule has 136 valence electrons. The van der Waals surface area contributed by atoms with Gasteiger partial charge in [-0.3, -0.25) is 0 Å². The van der Waals surface area contributed by atoms with Crippen LogP contribution in [0.25, 0.3) is 0 Å². The molecule has 0 spiro atoms. The molecular formula is C21H28O4. The zero-order chi connectivity index (χ0) is 18.2. The van der Waals surface area contributed by atoms with Crippen molar-refractivity contribution in [1.29, 1.82) is 0 Å². The number of ether oxygens (including phenoxy) is 2. The van der Waals surface area contributed by atoms with E-state index >= 15 is 0 Å². The Balaban J connectivity index is 0.00000109. The Bertz CT molecular complexity index is 651. The summed E-state index contributed by atoms with van der Waals surface area (Å²) < 4.78 is 11.2. The molecule has 0 amide bonds. The van der Waals surface area contributed by atoms with Crippen LogP contribution in [0.15, 0.2) is 42.5 Å². The predicted octanol–water partition coefficient (Wildman–Crippen LogP) is 3.42. The van der Waals surface area contributed by atoms with Crippen molar-refractivity contribution in [1.82, 2.24) is 0 Å². The first-order valence-corrected chi connectivity index (χ1v) is 8.71. The number of hydrogen-bond acceptors (Lipinski definition) is 4. The molecule has 4 heteroatoms. The maximum Gasteiger partial charge on any atom is 0.119 e. The van der Waals surface area contributed by atoms with Crippen molar-refractivity contribution in [3.05, 3.63) is 64.7 Å². The van der Waals surface area contributed by atoms with Crippen molar-refractivity contribution >= 4 is 0 Å². The first-order chi connectivity index (χ1) is 12.2. The molecule has 1 saturated heterocycles. The standard InChI is InChI=1S/C20H24O3.CH4O/c1-3-22-19-8-5-15(6-9-19)10-17-11-16(7-4-14(17)2)20-12-18(21)13-23-20;1-2/h4-9,11,18,20-21H,3,10,12-13H2,1-2H3;2H,1H3. The number of aryl methyl sites for hydroxylation is 1. The lowest BCUT2D eigenvalue weighted by Gasteiger charge is -2.14. The molecule has 25 heavy (non-hydrogen) atoms. The molecule has 3 rings (SSSR count). The van der Waals surface area contributed by atoms with Crippen LogP contribution >= 0.6 is 0 Å². The number of aliphatic hydroxyl groups excluding tert-OH is 2. The lowest BCUT2D eigenvalue weighted by atomic mass is 9.95. The minimum Gasteiger partial charge on any atom is -0.494 e. The zero-order valence-corrected chi connectivity index (χ0v) is 15.2. The van der Waals surface area contributed by atoms with Crippen molar-refractivity contribution in [3.63, 3.8) is 0 Å². The molecule has 1 aliphatic rings. The molecule has 0 bridgehead atoms. The van der Waals surface area contributed by atoms with Crippen LogP contribution in [0.2, 0.25) is 0 Å². The Morgan fingerprint density at radius 3 is 2.44 bits per heavy atom. The van der Waals surface area contributed by atoms with E-state index in [1.807, 2.05) is 19.1 Å². The van der Waals surface area contributed by atoms with Crippen molar-refractivity contribution in [2.24, 2.45) is 0 Å². The van der Waals surface area contributed by atoms with E-state index in [1.165, 1.54) is 16.7 Å². The van der Waals surface area contributed by atoms with E-state index in [-0.39, 0.29) is 12.2 Å². The molecule has 0 aromatic heterocycles. The highest BCUT2D eigenvalue weighted by atomic mass is 16.5. The van der Waals surface area contributed by atoms with Gasteiger partial charge in [-0.2, -0.15) is 0 Å². The second kappa shape index (κ2) is 9.56. The van der Waals surface area contributed by atoms with E-state index in [4.69, 9.17) is 14.6 Å². The van der Waals surface area contributed by atoms with Gasteiger partial charge < -0.3 is 19.7 Å². The summed E-state index contributed by atoms with van der Waals surface area (Å²) in [6.07, 6.45) is 1.26. The molecule has 4 nitrogen and oxygen atoms in total.